The van der Waals surface area contributed by atoms with E-state index in [1.54, 1.807) is 13.8 Å². The van der Waals surface area contributed by atoms with E-state index >= 15 is 0 Å². The predicted molar refractivity (Wildman–Crippen MR) is 98.0 cm³/mol. The number of carbonyl (C=O) groups excluding carboxylic acids is 3. The Morgan fingerprint density at radius 1 is 0.926 bits per heavy atom. The summed E-state index contributed by atoms with van der Waals surface area (Å²) in [5.41, 5.74) is 5.43. The second-order valence-corrected chi connectivity index (χ2v) is 6.61. The zero-order chi connectivity index (χ0) is 21.3. The third-order valence-corrected chi connectivity index (χ3v) is 3.89. The SMILES string of the molecule is CC(NC(=O)C(NC(=O)C(CS)NC(=O)C(N)CC(=O)O)C(C)C)C(=O)O. The maximum absolute atomic E-state index is 12.4. The van der Waals surface area contributed by atoms with Gasteiger partial charge in [0.1, 0.15) is 18.1 Å². The van der Waals surface area contributed by atoms with E-state index in [1.165, 1.54) is 6.92 Å². The number of carboxylic acids is 2. The molecule has 7 N–H and O–H groups in total. The van der Waals surface area contributed by atoms with Gasteiger partial charge < -0.3 is 31.9 Å². The topological polar surface area (TPSA) is 188 Å². The average molecular weight is 406 g/mol. The predicted octanol–water partition coefficient (Wildman–Crippen LogP) is -2.07. The molecule has 0 radical (unpaired) electrons. The Balaban J connectivity index is 5.02. The summed E-state index contributed by atoms with van der Waals surface area (Å²) in [5, 5.41) is 24.5. The van der Waals surface area contributed by atoms with Crippen molar-refractivity contribution in [3.63, 3.8) is 0 Å². The average Bonchev–Trinajstić information content (AvgIpc) is 2.55. The molecular formula is C15H26N4O7S. The number of carboxylic acid groups (broad SMARTS) is 2. The van der Waals surface area contributed by atoms with Gasteiger partial charge in [0.25, 0.3) is 0 Å². The first-order valence-corrected chi connectivity index (χ1v) is 8.76. The number of nitrogens with one attached hydrogen (secondary N) is 3. The van der Waals surface area contributed by atoms with Gasteiger partial charge in [-0.15, -0.1) is 0 Å². The Hall–Kier alpha value is -2.34. The molecule has 0 aliphatic carbocycles. The zero-order valence-corrected chi connectivity index (χ0v) is 16.2. The van der Waals surface area contributed by atoms with Crippen molar-refractivity contribution in [2.45, 2.75) is 51.4 Å². The number of hydrogen-bond donors (Lipinski definition) is 7. The second kappa shape index (κ2) is 11.4. The van der Waals surface area contributed by atoms with Crippen molar-refractivity contribution in [3.8, 4) is 0 Å². The number of hydrogen-bond acceptors (Lipinski definition) is 7. The molecule has 0 aliphatic rings. The summed E-state index contributed by atoms with van der Waals surface area (Å²) in [6.45, 7) is 4.57. The fraction of sp³-hybridized carbons (Fsp3) is 0.667. The van der Waals surface area contributed by atoms with Crippen LogP contribution < -0.4 is 21.7 Å². The highest BCUT2D eigenvalue weighted by atomic mass is 32.1. The van der Waals surface area contributed by atoms with E-state index in [-0.39, 0.29) is 11.7 Å². The highest BCUT2D eigenvalue weighted by Crippen LogP contribution is 2.04. The summed E-state index contributed by atoms with van der Waals surface area (Å²) in [6.07, 6.45) is -0.614. The molecule has 154 valence electrons. The molecule has 0 heterocycles. The van der Waals surface area contributed by atoms with Crippen LogP contribution in [-0.4, -0.2) is 69.8 Å². The van der Waals surface area contributed by atoms with E-state index < -0.39 is 60.2 Å². The van der Waals surface area contributed by atoms with Crippen LogP contribution in [0.15, 0.2) is 0 Å². The van der Waals surface area contributed by atoms with Crippen LogP contribution in [0.1, 0.15) is 27.2 Å². The van der Waals surface area contributed by atoms with Gasteiger partial charge in [-0.3, -0.25) is 24.0 Å². The highest BCUT2D eigenvalue weighted by molar-refractivity contribution is 7.80. The van der Waals surface area contributed by atoms with Gasteiger partial charge in [0.2, 0.25) is 17.7 Å². The summed E-state index contributed by atoms with van der Waals surface area (Å²) in [4.78, 5) is 57.9. The van der Waals surface area contributed by atoms with E-state index in [4.69, 9.17) is 15.9 Å². The summed E-state index contributed by atoms with van der Waals surface area (Å²) >= 11 is 3.97. The minimum Gasteiger partial charge on any atom is -0.481 e. The molecule has 0 aromatic carbocycles. The first kappa shape index (κ1) is 24.7. The van der Waals surface area contributed by atoms with E-state index in [2.05, 4.69) is 28.6 Å². The molecule has 0 saturated carbocycles. The van der Waals surface area contributed by atoms with Gasteiger partial charge >= 0.3 is 11.9 Å². The Bertz CT molecular complexity index is 585. The molecule has 0 rings (SSSR count). The zero-order valence-electron chi connectivity index (χ0n) is 15.3. The molecule has 0 saturated heterocycles. The minimum atomic E-state index is -1.35. The van der Waals surface area contributed by atoms with Crippen molar-refractivity contribution in [2.75, 3.05) is 5.75 Å². The van der Waals surface area contributed by atoms with E-state index in [0.717, 1.165) is 0 Å². The number of rotatable bonds is 11. The van der Waals surface area contributed by atoms with E-state index in [1.807, 2.05) is 0 Å². The number of amides is 3. The van der Waals surface area contributed by atoms with Crippen LogP contribution in [0.2, 0.25) is 0 Å². The lowest BCUT2D eigenvalue weighted by molar-refractivity contribution is -0.142. The fourth-order valence-electron chi connectivity index (χ4n) is 1.91. The minimum absolute atomic E-state index is 0.130. The maximum Gasteiger partial charge on any atom is 0.325 e. The third-order valence-electron chi connectivity index (χ3n) is 3.52. The van der Waals surface area contributed by atoms with Crippen LogP contribution in [-0.2, 0) is 24.0 Å². The second-order valence-electron chi connectivity index (χ2n) is 6.25. The standard InChI is InChI=1S/C15H26N4O7S/c1-6(2)11(14(24)17-7(3)15(25)26)19-13(23)9(5-27)18-12(22)8(16)4-10(20)21/h6-9,11,27H,4-5,16H2,1-3H3,(H,17,24)(H,18,22)(H,19,23)(H,20,21)(H,25,26). The quantitative estimate of drug-likeness (QED) is 0.191. The van der Waals surface area contributed by atoms with Crippen molar-refractivity contribution in [1.29, 1.82) is 0 Å². The lowest BCUT2D eigenvalue weighted by atomic mass is 10.0. The lowest BCUT2D eigenvalue weighted by Crippen LogP contribution is -2.58. The van der Waals surface area contributed by atoms with Crippen LogP contribution in [0.5, 0.6) is 0 Å². The van der Waals surface area contributed by atoms with E-state index in [0.29, 0.717) is 0 Å². The van der Waals surface area contributed by atoms with Gasteiger partial charge in [-0.05, 0) is 12.8 Å². The molecule has 0 fully saturated rings. The molecular weight excluding hydrogens is 380 g/mol. The number of nitrogens with two attached hydrogens (primary N) is 1. The lowest BCUT2D eigenvalue weighted by Gasteiger charge is -2.25. The van der Waals surface area contributed by atoms with Crippen LogP contribution in [0.25, 0.3) is 0 Å². The van der Waals surface area contributed by atoms with Crippen LogP contribution in [0.4, 0.5) is 0 Å². The van der Waals surface area contributed by atoms with Crippen molar-refractivity contribution in [2.24, 2.45) is 11.7 Å². The van der Waals surface area contributed by atoms with Crippen LogP contribution >= 0.6 is 12.6 Å². The smallest absolute Gasteiger partial charge is 0.325 e. The summed E-state index contributed by atoms with van der Waals surface area (Å²) in [6, 6.07) is -4.71. The van der Waals surface area contributed by atoms with Gasteiger partial charge in [0.15, 0.2) is 0 Å². The van der Waals surface area contributed by atoms with E-state index in [9.17, 15) is 24.0 Å². The largest absolute Gasteiger partial charge is 0.481 e. The summed E-state index contributed by atoms with van der Waals surface area (Å²) < 4.78 is 0. The molecule has 11 nitrogen and oxygen atoms in total. The van der Waals surface area contributed by atoms with Gasteiger partial charge in [0, 0.05) is 5.75 Å². The van der Waals surface area contributed by atoms with Crippen LogP contribution in [0, 0.1) is 5.92 Å². The van der Waals surface area contributed by atoms with Gasteiger partial charge in [-0.1, -0.05) is 13.8 Å². The Morgan fingerprint density at radius 3 is 1.89 bits per heavy atom. The number of thiol groups is 1. The molecule has 0 bridgehead atoms. The van der Waals surface area contributed by atoms with Gasteiger partial charge in [-0.2, -0.15) is 12.6 Å². The number of aliphatic carboxylic acids is 2. The molecule has 4 atom stereocenters. The Labute approximate surface area is 161 Å². The molecule has 4 unspecified atom stereocenters. The highest BCUT2D eigenvalue weighted by Gasteiger charge is 2.30. The van der Waals surface area contributed by atoms with Gasteiger partial charge in [0.05, 0.1) is 12.5 Å². The first-order chi connectivity index (χ1) is 12.4. The molecule has 27 heavy (non-hydrogen) atoms. The van der Waals surface area contributed by atoms with Crippen molar-refractivity contribution < 1.29 is 34.2 Å². The molecule has 3 amide bonds. The monoisotopic (exact) mass is 406 g/mol. The molecule has 0 aromatic heterocycles. The van der Waals surface area contributed by atoms with Crippen molar-refractivity contribution >= 4 is 42.3 Å². The fourth-order valence-corrected chi connectivity index (χ4v) is 2.16. The Kier molecular flexibility index (Phi) is 10.4. The normalized spacial score (nSPS) is 15.2. The maximum atomic E-state index is 12.4. The third kappa shape index (κ3) is 8.73. The van der Waals surface area contributed by atoms with Crippen molar-refractivity contribution in [3.05, 3.63) is 0 Å². The van der Waals surface area contributed by atoms with Crippen LogP contribution in [0.3, 0.4) is 0 Å². The summed E-state index contributed by atoms with van der Waals surface area (Å²) in [7, 11) is 0. The number of carbonyl (C=O) groups is 5. The first-order valence-electron chi connectivity index (χ1n) is 8.12. The van der Waals surface area contributed by atoms with Gasteiger partial charge in [-0.25, -0.2) is 0 Å². The molecule has 0 aromatic rings. The molecule has 0 spiro atoms. The molecule has 12 heteroatoms. The Morgan fingerprint density at radius 2 is 1.48 bits per heavy atom. The summed E-state index contributed by atoms with van der Waals surface area (Å²) in [5.74, 6) is -5.29. The molecule has 0 aliphatic heterocycles. The van der Waals surface area contributed by atoms with Crippen molar-refractivity contribution in [1.82, 2.24) is 16.0 Å².